The second-order valence-electron chi connectivity index (χ2n) is 7.31. The smallest absolute Gasteiger partial charge is 0.322 e. The van der Waals surface area contributed by atoms with Crippen molar-refractivity contribution in [3.05, 3.63) is 46.3 Å². The number of rotatable bonds is 3. The van der Waals surface area contributed by atoms with Crippen LogP contribution in [0.4, 0.5) is 18.9 Å². The molecular weight excluding hydrogens is 343 g/mol. The van der Waals surface area contributed by atoms with Crippen LogP contribution in [0, 0.1) is 0 Å². The average molecular weight is 365 g/mol. The summed E-state index contributed by atoms with van der Waals surface area (Å²) in [6.45, 7) is 5.94. The molecule has 0 fully saturated rings. The van der Waals surface area contributed by atoms with E-state index in [1.54, 1.807) is 13.0 Å². The number of amides is 1. The first kappa shape index (κ1) is 18.5. The van der Waals surface area contributed by atoms with Crippen molar-refractivity contribution in [1.82, 2.24) is 9.78 Å². The fraction of sp³-hybridized carbons (Fsp3) is 0.474. The van der Waals surface area contributed by atoms with Crippen molar-refractivity contribution in [3.63, 3.8) is 0 Å². The first-order chi connectivity index (χ1) is 12.1. The highest BCUT2D eigenvalue weighted by Crippen LogP contribution is 2.41. The number of hydrogen-bond acceptors (Lipinski definition) is 2. The molecule has 0 atom stereocenters. The van der Waals surface area contributed by atoms with Gasteiger partial charge < -0.3 is 5.32 Å². The van der Waals surface area contributed by atoms with Gasteiger partial charge >= 0.3 is 6.18 Å². The Morgan fingerprint density at radius 3 is 2.65 bits per heavy atom. The van der Waals surface area contributed by atoms with Crippen LogP contribution >= 0.6 is 0 Å². The van der Waals surface area contributed by atoms with Gasteiger partial charge in [0.1, 0.15) is 0 Å². The minimum Gasteiger partial charge on any atom is -0.322 e. The maximum Gasteiger partial charge on any atom is 0.433 e. The van der Waals surface area contributed by atoms with E-state index in [0.717, 1.165) is 28.7 Å². The van der Waals surface area contributed by atoms with Crippen molar-refractivity contribution in [2.75, 3.05) is 5.32 Å². The number of hydrogen-bond donors (Lipinski definition) is 1. The minimum atomic E-state index is -4.65. The molecule has 0 saturated carbocycles. The molecule has 1 aromatic carbocycles. The van der Waals surface area contributed by atoms with Gasteiger partial charge in [0.05, 0.1) is 11.3 Å². The van der Waals surface area contributed by atoms with Gasteiger partial charge in [0.15, 0.2) is 5.69 Å². The number of anilines is 1. The number of fused-ring (bicyclic) bond motifs is 1. The Hall–Kier alpha value is -2.31. The van der Waals surface area contributed by atoms with Crippen molar-refractivity contribution in [1.29, 1.82) is 0 Å². The van der Waals surface area contributed by atoms with E-state index in [-0.39, 0.29) is 17.5 Å². The molecule has 0 bridgehead atoms. The lowest BCUT2D eigenvalue weighted by Gasteiger charge is -2.19. The van der Waals surface area contributed by atoms with E-state index < -0.39 is 23.3 Å². The Labute approximate surface area is 150 Å². The highest BCUT2D eigenvalue weighted by atomic mass is 19.4. The number of nitrogens with zero attached hydrogens (tertiary/aromatic N) is 2. The molecule has 26 heavy (non-hydrogen) atoms. The molecule has 4 nitrogen and oxygen atoms in total. The molecule has 1 heterocycles. The SMILES string of the molecule is CCc1nn(C)c(C(F)(F)F)c1C(=O)Nc1cccc2c1CCC2(C)C. The van der Waals surface area contributed by atoms with E-state index in [0.29, 0.717) is 5.69 Å². The van der Waals surface area contributed by atoms with Gasteiger partial charge in [-0.2, -0.15) is 18.3 Å². The maximum atomic E-state index is 13.4. The molecule has 0 spiro atoms. The van der Waals surface area contributed by atoms with Crippen LogP contribution in [-0.4, -0.2) is 15.7 Å². The summed E-state index contributed by atoms with van der Waals surface area (Å²) in [4.78, 5) is 12.8. The fourth-order valence-corrected chi connectivity index (χ4v) is 3.76. The van der Waals surface area contributed by atoms with E-state index in [4.69, 9.17) is 0 Å². The molecule has 1 aliphatic rings. The molecule has 1 aliphatic carbocycles. The minimum absolute atomic E-state index is 0.00389. The number of benzene rings is 1. The van der Waals surface area contributed by atoms with Crippen molar-refractivity contribution in [3.8, 4) is 0 Å². The Kier molecular flexibility index (Phi) is 4.37. The van der Waals surface area contributed by atoms with E-state index in [1.807, 2.05) is 12.1 Å². The maximum absolute atomic E-state index is 13.4. The largest absolute Gasteiger partial charge is 0.433 e. The Morgan fingerprint density at radius 1 is 1.35 bits per heavy atom. The molecule has 0 aliphatic heterocycles. The summed E-state index contributed by atoms with van der Waals surface area (Å²) in [5.74, 6) is -0.764. The van der Waals surface area contributed by atoms with E-state index in [2.05, 4.69) is 24.3 Å². The second-order valence-corrected chi connectivity index (χ2v) is 7.31. The topological polar surface area (TPSA) is 46.9 Å². The monoisotopic (exact) mass is 365 g/mol. The summed E-state index contributed by atoms with van der Waals surface area (Å²) in [6.07, 6.45) is -2.68. The first-order valence-electron chi connectivity index (χ1n) is 8.63. The summed E-state index contributed by atoms with van der Waals surface area (Å²) in [5.41, 5.74) is 1.45. The number of aromatic nitrogens is 2. The molecule has 140 valence electrons. The molecule has 0 radical (unpaired) electrons. The van der Waals surface area contributed by atoms with Crippen LogP contribution in [0.1, 0.15) is 60.1 Å². The van der Waals surface area contributed by atoms with Crippen LogP contribution < -0.4 is 5.32 Å². The highest BCUT2D eigenvalue weighted by Gasteiger charge is 2.41. The summed E-state index contributed by atoms with van der Waals surface area (Å²) in [5, 5.41) is 6.59. The van der Waals surface area contributed by atoms with Gasteiger partial charge in [-0.3, -0.25) is 9.48 Å². The van der Waals surface area contributed by atoms with Crippen LogP contribution in [0.15, 0.2) is 18.2 Å². The lowest BCUT2D eigenvalue weighted by Crippen LogP contribution is -2.21. The van der Waals surface area contributed by atoms with Crippen molar-refractivity contribution >= 4 is 11.6 Å². The third-order valence-electron chi connectivity index (χ3n) is 5.10. The van der Waals surface area contributed by atoms with Crippen LogP contribution in [-0.2, 0) is 31.5 Å². The molecule has 0 saturated heterocycles. The average Bonchev–Trinajstić information content (AvgIpc) is 3.05. The van der Waals surface area contributed by atoms with Crippen molar-refractivity contribution in [2.45, 2.75) is 51.6 Å². The summed E-state index contributed by atoms with van der Waals surface area (Å²) in [7, 11) is 1.21. The predicted molar refractivity (Wildman–Crippen MR) is 93.3 cm³/mol. The van der Waals surface area contributed by atoms with Crippen molar-refractivity contribution in [2.24, 2.45) is 7.05 Å². The Bertz CT molecular complexity index is 866. The summed E-state index contributed by atoms with van der Waals surface area (Å²) in [6, 6.07) is 5.59. The number of nitrogens with one attached hydrogen (secondary N) is 1. The van der Waals surface area contributed by atoms with Gasteiger partial charge in [0, 0.05) is 12.7 Å². The van der Waals surface area contributed by atoms with E-state index in [9.17, 15) is 18.0 Å². The molecule has 0 unspecified atom stereocenters. The van der Waals surface area contributed by atoms with Gasteiger partial charge in [0.25, 0.3) is 5.91 Å². The van der Waals surface area contributed by atoms with Gasteiger partial charge in [-0.1, -0.05) is 32.9 Å². The second kappa shape index (κ2) is 6.14. The third kappa shape index (κ3) is 2.99. The lowest BCUT2D eigenvalue weighted by molar-refractivity contribution is -0.144. The number of halogens is 3. The first-order valence-corrected chi connectivity index (χ1v) is 8.63. The van der Waals surface area contributed by atoms with Crippen molar-refractivity contribution < 1.29 is 18.0 Å². The van der Waals surface area contributed by atoms with E-state index in [1.165, 1.54) is 7.05 Å². The van der Waals surface area contributed by atoms with Gasteiger partial charge in [-0.15, -0.1) is 0 Å². The summed E-state index contributed by atoms with van der Waals surface area (Å²) >= 11 is 0. The highest BCUT2D eigenvalue weighted by molar-refractivity contribution is 6.06. The molecule has 2 aromatic rings. The predicted octanol–water partition coefficient (Wildman–Crippen LogP) is 4.48. The zero-order valence-corrected chi connectivity index (χ0v) is 15.3. The number of carbonyl (C=O) groups is 1. The summed E-state index contributed by atoms with van der Waals surface area (Å²) < 4.78 is 41.1. The Morgan fingerprint density at radius 2 is 2.04 bits per heavy atom. The molecule has 1 aromatic heterocycles. The number of carbonyl (C=O) groups excluding carboxylic acids is 1. The molecule has 1 amide bonds. The molecular formula is C19H22F3N3O. The quantitative estimate of drug-likeness (QED) is 0.872. The van der Waals surface area contributed by atoms with Crippen LogP contribution in [0.5, 0.6) is 0 Å². The van der Waals surface area contributed by atoms with Crippen LogP contribution in [0.2, 0.25) is 0 Å². The Balaban J connectivity index is 2.02. The fourth-order valence-electron chi connectivity index (χ4n) is 3.76. The number of alkyl halides is 3. The van der Waals surface area contributed by atoms with Gasteiger partial charge in [-0.25, -0.2) is 0 Å². The van der Waals surface area contributed by atoms with Gasteiger partial charge in [-0.05, 0) is 41.9 Å². The van der Waals surface area contributed by atoms with Gasteiger partial charge in [0.2, 0.25) is 0 Å². The standard InChI is InChI=1S/C19H22F3N3O/c1-5-13-15(16(19(20,21)22)25(4)24-13)17(26)23-14-8-6-7-12-11(14)9-10-18(12,2)3/h6-8H,5,9-10H2,1-4H3,(H,23,26). The van der Waals surface area contributed by atoms with Crippen LogP contribution in [0.25, 0.3) is 0 Å². The molecule has 1 N–H and O–H groups in total. The molecule has 7 heteroatoms. The van der Waals surface area contributed by atoms with Crippen LogP contribution in [0.3, 0.4) is 0 Å². The lowest BCUT2D eigenvalue weighted by atomic mass is 9.86. The zero-order valence-electron chi connectivity index (χ0n) is 15.3. The third-order valence-corrected chi connectivity index (χ3v) is 5.10. The zero-order chi connectivity index (χ0) is 19.3. The molecule has 3 rings (SSSR count). The normalized spacial score (nSPS) is 15.8. The number of aryl methyl sites for hydroxylation is 2. The van der Waals surface area contributed by atoms with E-state index >= 15 is 0 Å².